The monoisotopic (exact) mass is 344 g/mol. The summed E-state index contributed by atoms with van der Waals surface area (Å²) in [6.45, 7) is -0.0258. The van der Waals surface area contributed by atoms with Crippen molar-refractivity contribution < 1.29 is 26.7 Å². The Hall–Kier alpha value is -2.06. The number of sulfonamides is 1. The molecular formula is C15H13F3NO3S. The average molecular weight is 344 g/mol. The van der Waals surface area contributed by atoms with Crippen LogP contribution >= 0.6 is 0 Å². The molecule has 0 saturated carbocycles. The lowest BCUT2D eigenvalue weighted by Gasteiger charge is -2.10. The van der Waals surface area contributed by atoms with E-state index >= 15 is 0 Å². The van der Waals surface area contributed by atoms with Crippen molar-refractivity contribution in [3.8, 4) is 5.75 Å². The van der Waals surface area contributed by atoms with Crippen LogP contribution in [0.4, 0.5) is 13.2 Å². The zero-order valence-electron chi connectivity index (χ0n) is 11.8. The molecule has 4 nitrogen and oxygen atoms in total. The molecule has 0 aliphatic rings. The maximum atomic E-state index is 12.6. The Morgan fingerprint density at radius 3 is 2.35 bits per heavy atom. The molecule has 0 heterocycles. The molecule has 0 aliphatic heterocycles. The van der Waals surface area contributed by atoms with Gasteiger partial charge in [-0.05, 0) is 42.3 Å². The Morgan fingerprint density at radius 2 is 1.70 bits per heavy atom. The number of nitrogens with one attached hydrogen (secondary N) is 1. The number of rotatable bonds is 5. The van der Waals surface area contributed by atoms with Crippen LogP contribution in [0.1, 0.15) is 11.1 Å². The first-order valence-electron chi connectivity index (χ1n) is 6.61. The van der Waals surface area contributed by atoms with E-state index < -0.39 is 26.7 Å². The van der Waals surface area contributed by atoms with Crippen molar-refractivity contribution >= 4 is 10.0 Å². The molecule has 123 valence electrons. The van der Waals surface area contributed by atoms with Gasteiger partial charge in [0.05, 0.1) is 10.5 Å². The molecule has 0 saturated heterocycles. The van der Waals surface area contributed by atoms with Crippen molar-refractivity contribution in [2.24, 2.45) is 0 Å². The van der Waals surface area contributed by atoms with Gasteiger partial charge in [0.1, 0.15) is 0 Å². The van der Waals surface area contributed by atoms with Gasteiger partial charge in [-0.3, -0.25) is 5.11 Å². The van der Waals surface area contributed by atoms with Crippen molar-refractivity contribution in [1.29, 1.82) is 0 Å². The van der Waals surface area contributed by atoms with Crippen LogP contribution in [0.15, 0.2) is 53.4 Å². The van der Waals surface area contributed by atoms with Gasteiger partial charge in [-0.2, -0.15) is 13.2 Å². The van der Waals surface area contributed by atoms with Crippen LogP contribution in [0.3, 0.4) is 0 Å². The second-order valence-electron chi connectivity index (χ2n) is 4.82. The standard InChI is InChI=1S/C15H13F3NO3S/c16-15(17,18)12-4-2-6-14(10-12)23(21,22)19-8-7-11-3-1-5-13(20)9-11/h1-6,9-10,19H,7-8H2. The largest absolute Gasteiger partial charge is 0.416 e. The Morgan fingerprint density at radius 1 is 1.00 bits per heavy atom. The molecule has 1 N–H and O–H groups in total. The molecule has 8 heteroatoms. The second kappa shape index (κ2) is 6.59. The predicted molar refractivity (Wildman–Crippen MR) is 76.9 cm³/mol. The molecule has 0 spiro atoms. The fourth-order valence-electron chi connectivity index (χ4n) is 1.95. The number of benzene rings is 2. The molecule has 0 atom stereocenters. The van der Waals surface area contributed by atoms with Gasteiger partial charge in [-0.1, -0.05) is 18.2 Å². The predicted octanol–water partition coefficient (Wildman–Crippen LogP) is 3.37. The molecule has 0 bridgehead atoms. The van der Waals surface area contributed by atoms with E-state index in [9.17, 15) is 26.7 Å². The van der Waals surface area contributed by atoms with Gasteiger partial charge < -0.3 is 0 Å². The first kappa shape index (κ1) is 17.3. The highest BCUT2D eigenvalue weighted by Gasteiger charge is 2.31. The van der Waals surface area contributed by atoms with Crippen LogP contribution in [0.5, 0.6) is 5.75 Å². The number of hydrogen-bond donors (Lipinski definition) is 1. The molecule has 2 rings (SSSR count). The maximum Gasteiger partial charge on any atom is 0.416 e. The van der Waals surface area contributed by atoms with Gasteiger partial charge in [-0.25, -0.2) is 13.1 Å². The number of hydrogen-bond acceptors (Lipinski definition) is 2. The summed E-state index contributed by atoms with van der Waals surface area (Å²) in [5.74, 6) is -0.191. The topological polar surface area (TPSA) is 66.1 Å². The third-order valence-corrected chi connectivity index (χ3v) is 4.53. The Kier molecular flexibility index (Phi) is 4.96. The molecule has 2 aromatic rings. The molecule has 0 amide bonds. The van der Waals surface area contributed by atoms with E-state index in [4.69, 9.17) is 0 Å². The van der Waals surface area contributed by atoms with Crippen molar-refractivity contribution in [3.05, 3.63) is 59.7 Å². The number of alkyl halides is 3. The lowest BCUT2D eigenvalue weighted by Crippen LogP contribution is -2.26. The van der Waals surface area contributed by atoms with E-state index in [1.54, 1.807) is 12.1 Å². The van der Waals surface area contributed by atoms with Crippen molar-refractivity contribution in [1.82, 2.24) is 4.72 Å². The molecule has 0 aromatic heterocycles. The smallest absolute Gasteiger partial charge is 0.290 e. The molecular weight excluding hydrogens is 331 g/mol. The third-order valence-electron chi connectivity index (χ3n) is 3.08. The van der Waals surface area contributed by atoms with Gasteiger partial charge in [0.2, 0.25) is 10.0 Å². The summed E-state index contributed by atoms with van der Waals surface area (Å²) in [5, 5.41) is 11.2. The van der Waals surface area contributed by atoms with Crippen LogP contribution in [0.2, 0.25) is 0 Å². The van der Waals surface area contributed by atoms with Gasteiger partial charge >= 0.3 is 6.18 Å². The van der Waals surface area contributed by atoms with Crippen LogP contribution in [-0.2, 0) is 27.7 Å². The van der Waals surface area contributed by atoms with Crippen molar-refractivity contribution in [2.45, 2.75) is 17.5 Å². The first-order chi connectivity index (χ1) is 10.7. The normalized spacial score (nSPS) is 12.3. The highest BCUT2D eigenvalue weighted by Crippen LogP contribution is 2.30. The molecule has 0 fully saturated rings. The Balaban J connectivity index is 2.07. The van der Waals surface area contributed by atoms with E-state index in [2.05, 4.69) is 4.72 Å². The molecule has 23 heavy (non-hydrogen) atoms. The summed E-state index contributed by atoms with van der Waals surface area (Å²) in [7, 11) is -4.05. The molecule has 1 radical (unpaired) electrons. The van der Waals surface area contributed by atoms with E-state index in [-0.39, 0.29) is 18.7 Å². The van der Waals surface area contributed by atoms with E-state index in [1.165, 1.54) is 12.1 Å². The zero-order valence-corrected chi connectivity index (χ0v) is 12.6. The summed E-state index contributed by atoms with van der Waals surface area (Å²) in [6.07, 6.45) is -4.35. The highest BCUT2D eigenvalue weighted by atomic mass is 32.2. The summed E-state index contributed by atoms with van der Waals surface area (Å²) in [4.78, 5) is -0.454. The molecule has 0 aliphatic carbocycles. The summed E-state index contributed by atoms with van der Waals surface area (Å²) < 4.78 is 64.1. The zero-order chi connectivity index (χ0) is 17.1. The van der Waals surface area contributed by atoms with E-state index in [0.29, 0.717) is 11.6 Å². The molecule has 2 aromatic carbocycles. The van der Waals surface area contributed by atoms with Gasteiger partial charge in [0, 0.05) is 6.54 Å². The average Bonchev–Trinajstić information content (AvgIpc) is 2.46. The highest BCUT2D eigenvalue weighted by molar-refractivity contribution is 7.89. The number of halogens is 3. The SMILES string of the molecule is [O]c1cccc(CCNS(=O)(=O)c2cccc(C(F)(F)F)c2)c1. The summed E-state index contributed by atoms with van der Waals surface area (Å²) in [6, 6.07) is 9.49. The minimum Gasteiger partial charge on any atom is -0.290 e. The minimum atomic E-state index is -4.61. The fraction of sp³-hybridized carbons (Fsp3) is 0.200. The Labute approximate surface area is 131 Å². The van der Waals surface area contributed by atoms with E-state index in [1.807, 2.05) is 0 Å². The van der Waals surface area contributed by atoms with Gasteiger partial charge in [0.25, 0.3) is 0 Å². The lowest BCUT2D eigenvalue weighted by atomic mass is 10.1. The quantitative estimate of drug-likeness (QED) is 0.904. The van der Waals surface area contributed by atoms with Gasteiger partial charge in [-0.15, -0.1) is 0 Å². The summed E-state index contributed by atoms with van der Waals surface area (Å²) in [5.41, 5.74) is -0.385. The van der Waals surface area contributed by atoms with E-state index in [0.717, 1.165) is 18.2 Å². The van der Waals surface area contributed by atoms with Crippen LogP contribution in [-0.4, -0.2) is 15.0 Å². The summed E-state index contributed by atoms with van der Waals surface area (Å²) >= 11 is 0. The first-order valence-corrected chi connectivity index (χ1v) is 8.10. The van der Waals surface area contributed by atoms with Crippen LogP contribution < -0.4 is 4.72 Å². The van der Waals surface area contributed by atoms with Crippen molar-refractivity contribution in [3.63, 3.8) is 0 Å². The van der Waals surface area contributed by atoms with Crippen LogP contribution in [0.25, 0.3) is 0 Å². The van der Waals surface area contributed by atoms with Gasteiger partial charge in [0.15, 0.2) is 5.75 Å². The fourth-order valence-corrected chi connectivity index (χ4v) is 3.03. The molecule has 0 unspecified atom stereocenters. The Bertz CT molecular complexity index is 789. The van der Waals surface area contributed by atoms with Crippen LogP contribution in [0, 0.1) is 0 Å². The maximum absolute atomic E-state index is 12.6. The minimum absolute atomic E-state index is 0.0258. The van der Waals surface area contributed by atoms with Crippen molar-refractivity contribution in [2.75, 3.05) is 6.54 Å². The lowest BCUT2D eigenvalue weighted by molar-refractivity contribution is -0.137. The third kappa shape index (κ3) is 4.70. The second-order valence-corrected chi connectivity index (χ2v) is 6.59.